The molecule has 0 saturated heterocycles. The average Bonchev–Trinajstić information content (AvgIpc) is 2.70. The molecule has 0 spiro atoms. The van der Waals surface area contributed by atoms with E-state index < -0.39 is 12.1 Å². The summed E-state index contributed by atoms with van der Waals surface area (Å²) in [6.07, 6.45) is -0.967. The average molecular weight is 236 g/mol. The molecule has 2 rings (SSSR count). The second-order valence-corrected chi connectivity index (χ2v) is 3.83. The summed E-state index contributed by atoms with van der Waals surface area (Å²) in [7, 11) is 0. The van der Waals surface area contributed by atoms with Crippen LogP contribution in [0.5, 0.6) is 0 Å². The van der Waals surface area contributed by atoms with Crippen molar-refractivity contribution in [1.29, 1.82) is 0 Å². The van der Waals surface area contributed by atoms with Crippen molar-refractivity contribution in [2.75, 3.05) is 11.9 Å². The number of carboxylic acid groups (broad SMARTS) is 2. The lowest BCUT2D eigenvalue weighted by molar-refractivity contribution is -0.134. The van der Waals surface area contributed by atoms with Crippen LogP contribution in [0.1, 0.15) is 11.1 Å². The normalized spacial score (nSPS) is 13.3. The molecule has 17 heavy (non-hydrogen) atoms. The maximum Gasteiger partial charge on any atom is 0.407 e. The summed E-state index contributed by atoms with van der Waals surface area (Å²) in [5.74, 6) is -0.948. The minimum Gasteiger partial charge on any atom is -0.480 e. The highest BCUT2D eigenvalue weighted by Crippen LogP contribution is 2.29. The highest BCUT2D eigenvalue weighted by Gasteiger charge is 2.24. The molecule has 0 atom stereocenters. The zero-order valence-corrected chi connectivity index (χ0v) is 9.01. The van der Waals surface area contributed by atoms with E-state index in [0.29, 0.717) is 18.8 Å². The van der Waals surface area contributed by atoms with Gasteiger partial charge in [0.15, 0.2) is 0 Å². The summed E-state index contributed by atoms with van der Waals surface area (Å²) in [4.78, 5) is 22.6. The molecule has 0 saturated carbocycles. The first kappa shape index (κ1) is 11.3. The van der Waals surface area contributed by atoms with E-state index in [1.807, 2.05) is 6.07 Å². The van der Waals surface area contributed by atoms with Crippen molar-refractivity contribution in [3.8, 4) is 0 Å². The Balaban J connectivity index is 2.19. The van der Waals surface area contributed by atoms with Crippen molar-refractivity contribution < 1.29 is 19.8 Å². The number of nitrogens with zero attached hydrogens (tertiary/aromatic N) is 1. The van der Waals surface area contributed by atoms with Gasteiger partial charge in [-0.05, 0) is 17.2 Å². The van der Waals surface area contributed by atoms with Gasteiger partial charge >= 0.3 is 12.1 Å². The summed E-state index contributed by atoms with van der Waals surface area (Å²) in [6, 6.07) is 5.39. The standard InChI is InChI=1S/C11H12N2O4/c14-10(15)4-12-9-3-1-2-7-5-13(11(16)17)6-8(7)9/h1-3,12H,4-6H2,(H,14,15)(H,16,17). The number of anilines is 1. The molecule has 0 fully saturated rings. The first-order valence-electron chi connectivity index (χ1n) is 5.12. The molecule has 0 aliphatic carbocycles. The molecule has 1 heterocycles. The van der Waals surface area contributed by atoms with Gasteiger partial charge in [-0.2, -0.15) is 0 Å². The zero-order chi connectivity index (χ0) is 12.4. The summed E-state index contributed by atoms with van der Waals surface area (Å²) in [5.41, 5.74) is 2.47. The molecule has 0 radical (unpaired) electrons. The van der Waals surface area contributed by atoms with E-state index in [1.165, 1.54) is 4.90 Å². The van der Waals surface area contributed by atoms with Gasteiger partial charge in [-0.3, -0.25) is 9.69 Å². The van der Waals surface area contributed by atoms with Gasteiger partial charge in [0.1, 0.15) is 6.54 Å². The topological polar surface area (TPSA) is 89.9 Å². The first-order chi connectivity index (χ1) is 8.08. The summed E-state index contributed by atoms with van der Waals surface area (Å²) in [6.45, 7) is 0.476. The highest BCUT2D eigenvalue weighted by atomic mass is 16.4. The molecule has 90 valence electrons. The maximum atomic E-state index is 10.9. The van der Waals surface area contributed by atoms with Crippen molar-refractivity contribution in [1.82, 2.24) is 4.90 Å². The fraction of sp³-hybridized carbons (Fsp3) is 0.273. The van der Waals surface area contributed by atoms with E-state index in [-0.39, 0.29) is 6.54 Å². The van der Waals surface area contributed by atoms with Crippen LogP contribution in [0.25, 0.3) is 0 Å². The number of carbonyl (C=O) groups is 2. The highest BCUT2D eigenvalue weighted by molar-refractivity contribution is 5.74. The fourth-order valence-electron chi connectivity index (χ4n) is 1.89. The van der Waals surface area contributed by atoms with Crippen LogP contribution in [0.15, 0.2) is 18.2 Å². The maximum absolute atomic E-state index is 10.9. The largest absolute Gasteiger partial charge is 0.480 e. The Labute approximate surface area is 97.5 Å². The van der Waals surface area contributed by atoms with Gasteiger partial charge in [-0.25, -0.2) is 4.79 Å². The molecule has 0 aromatic heterocycles. The minimum atomic E-state index is -0.967. The van der Waals surface area contributed by atoms with Crippen LogP contribution in [-0.2, 0) is 17.9 Å². The van der Waals surface area contributed by atoms with E-state index >= 15 is 0 Å². The van der Waals surface area contributed by atoms with Crippen molar-refractivity contribution in [3.63, 3.8) is 0 Å². The number of amides is 1. The predicted octanol–water partition coefficient (Wildman–Crippen LogP) is 1.18. The van der Waals surface area contributed by atoms with Crippen molar-refractivity contribution >= 4 is 17.7 Å². The number of hydrogen-bond acceptors (Lipinski definition) is 3. The molecule has 1 amide bonds. The number of hydrogen-bond donors (Lipinski definition) is 3. The second kappa shape index (κ2) is 4.32. The molecule has 0 unspecified atom stereocenters. The monoisotopic (exact) mass is 236 g/mol. The van der Waals surface area contributed by atoms with E-state index in [0.717, 1.165) is 11.1 Å². The number of rotatable bonds is 3. The molecule has 6 heteroatoms. The molecule has 1 aromatic rings. The van der Waals surface area contributed by atoms with Gasteiger partial charge in [0.2, 0.25) is 0 Å². The van der Waals surface area contributed by atoms with E-state index in [9.17, 15) is 9.59 Å². The molecule has 1 aliphatic rings. The number of aliphatic carboxylic acids is 1. The van der Waals surface area contributed by atoms with E-state index in [2.05, 4.69) is 5.32 Å². The molecule has 3 N–H and O–H groups in total. The van der Waals surface area contributed by atoms with Gasteiger partial charge in [-0.15, -0.1) is 0 Å². The number of nitrogens with one attached hydrogen (secondary N) is 1. The van der Waals surface area contributed by atoms with E-state index in [1.54, 1.807) is 12.1 Å². The quantitative estimate of drug-likeness (QED) is 0.733. The Bertz CT molecular complexity index is 473. The van der Waals surface area contributed by atoms with Crippen molar-refractivity contribution in [3.05, 3.63) is 29.3 Å². The molecule has 6 nitrogen and oxygen atoms in total. The summed E-state index contributed by atoms with van der Waals surface area (Å²) in [5, 5.41) is 20.3. The van der Waals surface area contributed by atoms with Gasteiger partial charge in [0, 0.05) is 12.2 Å². The Morgan fingerprint density at radius 3 is 2.71 bits per heavy atom. The van der Waals surface area contributed by atoms with Crippen LogP contribution < -0.4 is 5.32 Å². The summed E-state index contributed by atoms with van der Waals surface area (Å²) >= 11 is 0. The van der Waals surface area contributed by atoms with Crippen LogP contribution in [0.4, 0.5) is 10.5 Å². The van der Waals surface area contributed by atoms with Gasteiger partial charge < -0.3 is 15.5 Å². The third kappa shape index (κ3) is 2.30. The Kier molecular flexibility index (Phi) is 2.86. The zero-order valence-electron chi connectivity index (χ0n) is 9.01. The van der Waals surface area contributed by atoms with Crippen molar-refractivity contribution in [2.45, 2.75) is 13.1 Å². The van der Waals surface area contributed by atoms with Gasteiger partial charge in [0.05, 0.1) is 6.54 Å². The van der Waals surface area contributed by atoms with Crippen molar-refractivity contribution in [2.24, 2.45) is 0 Å². The molecule has 0 bridgehead atoms. The molecule has 1 aromatic carbocycles. The van der Waals surface area contributed by atoms with Crippen LogP contribution in [0, 0.1) is 0 Å². The van der Waals surface area contributed by atoms with Crippen LogP contribution >= 0.6 is 0 Å². The summed E-state index contributed by atoms with van der Waals surface area (Å²) < 4.78 is 0. The Hall–Kier alpha value is -2.24. The number of fused-ring (bicyclic) bond motifs is 1. The Morgan fingerprint density at radius 1 is 1.29 bits per heavy atom. The SMILES string of the molecule is O=C(O)CNc1cccc2c1CN(C(=O)O)C2. The van der Waals surface area contributed by atoms with Gasteiger partial charge in [-0.1, -0.05) is 12.1 Å². The van der Waals surface area contributed by atoms with Crippen LogP contribution in [0.2, 0.25) is 0 Å². The molecular weight excluding hydrogens is 224 g/mol. The smallest absolute Gasteiger partial charge is 0.407 e. The lowest BCUT2D eigenvalue weighted by Crippen LogP contribution is -2.22. The Morgan fingerprint density at radius 2 is 2.06 bits per heavy atom. The lowest BCUT2D eigenvalue weighted by Gasteiger charge is -2.10. The third-order valence-corrected chi connectivity index (χ3v) is 2.68. The molecule has 1 aliphatic heterocycles. The van der Waals surface area contributed by atoms with E-state index in [4.69, 9.17) is 10.2 Å². The second-order valence-electron chi connectivity index (χ2n) is 3.83. The number of benzene rings is 1. The predicted molar refractivity (Wildman–Crippen MR) is 59.8 cm³/mol. The fourth-order valence-corrected chi connectivity index (χ4v) is 1.89. The molecular formula is C11H12N2O4. The first-order valence-corrected chi connectivity index (χ1v) is 5.12. The van der Waals surface area contributed by atoms with Crippen LogP contribution in [0.3, 0.4) is 0 Å². The lowest BCUT2D eigenvalue weighted by atomic mass is 10.1. The van der Waals surface area contributed by atoms with Crippen LogP contribution in [-0.4, -0.2) is 33.7 Å². The van der Waals surface area contributed by atoms with Gasteiger partial charge in [0.25, 0.3) is 0 Å². The third-order valence-electron chi connectivity index (χ3n) is 2.68. The number of carboxylic acids is 1. The minimum absolute atomic E-state index is 0.177.